The number of H-pyrrole nitrogens is 1. The Hall–Kier alpha value is -2.08. The number of aliphatic hydroxyl groups excluding tert-OH is 1. The summed E-state index contributed by atoms with van der Waals surface area (Å²) in [5.74, 6) is -1.06. The third-order valence-corrected chi connectivity index (χ3v) is 2.19. The Morgan fingerprint density at radius 2 is 2.29 bits per heavy atom. The van der Waals surface area contributed by atoms with Gasteiger partial charge in [-0.2, -0.15) is 0 Å². The first-order valence-electron chi connectivity index (χ1n) is 5.11. The van der Waals surface area contributed by atoms with Gasteiger partial charge in [-0.05, 0) is 18.2 Å². The molecule has 90 valence electrons. The number of hydrogen-bond acceptors (Lipinski definition) is 5. The van der Waals surface area contributed by atoms with Crippen molar-refractivity contribution in [1.82, 2.24) is 4.98 Å². The van der Waals surface area contributed by atoms with Crippen LogP contribution in [0.5, 0.6) is 0 Å². The average Bonchev–Trinajstić information content (AvgIpc) is 2.68. The highest BCUT2D eigenvalue weighted by Gasteiger charge is 2.09. The molecule has 6 nitrogen and oxygen atoms in total. The average molecular weight is 237 g/mol. The van der Waals surface area contributed by atoms with Gasteiger partial charge in [-0.1, -0.05) is 0 Å². The molecular formula is C11H11NO5. The second kappa shape index (κ2) is 4.84. The first kappa shape index (κ1) is 11.4. The Labute approximate surface area is 95.8 Å². The van der Waals surface area contributed by atoms with Crippen LogP contribution < -0.4 is 5.76 Å². The number of ether oxygens (including phenoxy) is 1. The summed E-state index contributed by atoms with van der Waals surface area (Å²) in [5.41, 5.74) is 1.17. The molecule has 0 saturated heterocycles. The summed E-state index contributed by atoms with van der Waals surface area (Å²) in [5, 5.41) is 8.55. The van der Waals surface area contributed by atoms with Gasteiger partial charge in [0.05, 0.1) is 17.7 Å². The molecule has 2 rings (SSSR count). The highest BCUT2D eigenvalue weighted by Crippen LogP contribution is 2.13. The van der Waals surface area contributed by atoms with Crippen LogP contribution in [0, 0.1) is 0 Å². The Kier molecular flexibility index (Phi) is 3.24. The molecule has 0 atom stereocenters. The number of benzene rings is 1. The second-order valence-corrected chi connectivity index (χ2v) is 3.44. The highest BCUT2D eigenvalue weighted by molar-refractivity contribution is 5.93. The Morgan fingerprint density at radius 1 is 1.47 bits per heavy atom. The highest BCUT2D eigenvalue weighted by atomic mass is 16.5. The first-order valence-corrected chi connectivity index (χ1v) is 5.11. The third kappa shape index (κ3) is 2.54. The molecule has 0 saturated carbocycles. The number of aromatic amines is 1. The van der Waals surface area contributed by atoms with Crippen molar-refractivity contribution in [3.63, 3.8) is 0 Å². The fraction of sp³-hybridized carbons (Fsp3) is 0.273. The van der Waals surface area contributed by atoms with Crippen LogP contribution in [0.15, 0.2) is 27.4 Å². The van der Waals surface area contributed by atoms with Gasteiger partial charge in [-0.25, -0.2) is 9.59 Å². The molecule has 2 aromatic rings. The number of aromatic nitrogens is 1. The van der Waals surface area contributed by atoms with Crippen LogP contribution in [-0.2, 0) is 4.74 Å². The quantitative estimate of drug-likeness (QED) is 0.602. The lowest BCUT2D eigenvalue weighted by Crippen LogP contribution is -2.07. The van der Waals surface area contributed by atoms with E-state index in [0.717, 1.165) is 0 Å². The second-order valence-electron chi connectivity index (χ2n) is 3.44. The summed E-state index contributed by atoms with van der Waals surface area (Å²) in [6, 6.07) is 4.53. The molecule has 1 aromatic carbocycles. The van der Waals surface area contributed by atoms with E-state index < -0.39 is 11.7 Å². The molecule has 1 aromatic heterocycles. The van der Waals surface area contributed by atoms with Gasteiger partial charge >= 0.3 is 11.7 Å². The van der Waals surface area contributed by atoms with Gasteiger partial charge < -0.3 is 14.3 Å². The molecule has 0 unspecified atom stereocenters. The van der Waals surface area contributed by atoms with E-state index >= 15 is 0 Å². The van der Waals surface area contributed by atoms with E-state index in [1.165, 1.54) is 18.2 Å². The number of nitrogens with one attached hydrogen (secondary N) is 1. The number of hydrogen-bond donors (Lipinski definition) is 2. The SMILES string of the molecule is O=C(OCCCO)c1ccc2oc(=O)[nH]c2c1. The van der Waals surface area contributed by atoms with Gasteiger partial charge in [0.1, 0.15) is 0 Å². The third-order valence-electron chi connectivity index (χ3n) is 2.19. The molecule has 0 aliphatic carbocycles. The molecule has 0 amide bonds. The van der Waals surface area contributed by atoms with Crippen molar-refractivity contribution in [2.75, 3.05) is 13.2 Å². The minimum Gasteiger partial charge on any atom is -0.462 e. The lowest BCUT2D eigenvalue weighted by atomic mass is 10.2. The Balaban J connectivity index is 2.17. The lowest BCUT2D eigenvalue weighted by Gasteiger charge is -2.02. The summed E-state index contributed by atoms with van der Waals surface area (Å²) >= 11 is 0. The van der Waals surface area contributed by atoms with E-state index in [1.807, 2.05) is 0 Å². The van der Waals surface area contributed by atoms with Crippen molar-refractivity contribution in [2.24, 2.45) is 0 Å². The summed E-state index contributed by atoms with van der Waals surface area (Å²) < 4.78 is 9.71. The van der Waals surface area contributed by atoms with Gasteiger partial charge in [-0.15, -0.1) is 0 Å². The molecule has 1 heterocycles. The Morgan fingerprint density at radius 3 is 3.06 bits per heavy atom. The van der Waals surface area contributed by atoms with E-state index in [1.54, 1.807) is 0 Å². The molecule has 0 radical (unpaired) electrons. The molecule has 0 bridgehead atoms. The van der Waals surface area contributed by atoms with Gasteiger partial charge in [0.2, 0.25) is 0 Å². The van der Waals surface area contributed by atoms with Gasteiger partial charge in [0.25, 0.3) is 0 Å². The largest absolute Gasteiger partial charge is 0.462 e. The number of rotatable bonds is 4. The summed E-state index contributed by atoms with van der Waals surface area (Å²) in [6.45, 7) is 0.136. The topological polar surface area (TPSA) is 92.5 Å². The van der Waals surface area contributed by atoms with Crippen molar-refractivity contribution < 1.29 is 19.1 Å². The van der Waals surface area contributed by atoms with Crippen molar-refractivity contribution in [3.8, 4) is 0 Å². The van der Waals surface area contributed by atoms with Crippen molar-refractivity contribution >= 4 is 17.1 Å². The molecule has 6 heteroatoms. The zero-order valence-corrected chi connectivity index (χ0v) is 8.93. The van der Waals surface area contributed by atoms with Crippen LogP contribution >= 0.6 is 0 Å². The van der Waals surface area contributed by atoms with E-state index in [4.69, 9.17) is 14.3 Å². The number of carbonyl (C=O) groups excluding carboxylic acids is 1. The maximum atomic E-state index is 11.5. The first-order chi connectivity index (χ1) is 8.20. The summed E-state index contributed by atoms with van der Waals surface area (Å²) in [6.07, 6.45) is 0.399. The molecule has 0 spiro atoms. The summed E-state index contributed by atoms with van der Waals surface area (Å²) in [7, 11) is 0. The fourth-order valence-electron chi connectivity index (χ4n) is 1.39. The lowest BCUT2D eigenvalue weighted by molar-refractivity contribution is 0.0482. The zero-order chi connectivity index (χ0) is 12.3. The molecule has 0 aliphatic heterocycles. The number of fused-ring (bicyclic) bond motifs is 1. The maximum absolute atomic E-state index is 11.5. The molecule has 0 fully saturated rings. The predicted octanol–water partition coefficient (Wildman–Crippen LogP) is 0.660. The van der Waals surface area contributed by atoms with E-state index in [2.05, 4.69) is 4.98 Å². The predicted molar refractivity (Wildman–Crippen MR) is 58.8 cm³/mol. The number of esters is 1. The smallest absolute Gasteiger partial charge is 0.417 e. The monoisotopic (exact) mass is 237 g/mol. The molecule has 0 aliphatic rings. The number of carbonyl (C=O) groups is 1. The van der Waals surface area contributed by atoms with Gasteiger partial charge in [0.15, 0.2) is 5.58 Å². The minimum absolute atomic E-state index is 0.0264. The minimum atomic E-state index is -0.564. The Bertz CT molecular complexity index is 583. The van der Waals surface area contributed by atoms with E-state index in [-0.39, 0.29) is 13.2 Å². The summed E-state index contributed by atoms with van der Waals surface area (Å²) in [4.78, 5) is 24.9. The van der Waals surface area contributed by atoms with Crippen LogP contribution in [0.25, 0.3) is 11.1 Å². The van der Waals surface area contributed by atoms with Crippen molar-refractivity contribution in [2.45, 2.75) is 6.42 Å². The standard InChI is InChI=1S/C11H11NO5/c13-4-1-5-16-10(14)7-2-3-9-8(6-7)12-11(15)17-9/h2-3,6,13H,1,4-5H2,(H,12,15). The normalized spacial score (nSPS) is 10.6. The van der Waals surface area contributed by atoms with Crippen molar-refractivity contribution in [3.05, 3.63) is 34.3 Å². The van der Waals surface area contributed by atoms with Crippen LogP contribution in [-0.4, -0.2) is 29.3 Å². The maximum Gasteiger partial charge on any atom is 0.417 e. The van der Waals surface area contributed by atoms with Crippen LogP contribution in [0.4, 0.5) is 0 Å². The van der Waals surface area contributed by atoms with Gasteiger partial charge in [0, 0.05) is 13.0 Å². The van der Waals surface area contributed by atoms with Gasteiger partial charge in [-0.3, -0.25) is 4.98 Å². The zero-order valence-electron chi connectivity index (χ0n) is 8.93. The number of aliphatic hydroxyl groups is 1. The molecule has 17 heavy (non-hydrogen) atoms. The van der Waals surface area contributed by atoms with E-state index in [0.29, 0.717) is 23.1 Å². The number of oxazole rings is 1. The van der Waals surface area contributed by atoms with Crippen molar-refractivity contribution in [1.29, 1.82) is 0 Å². The van der Waals surface area contributed by atoms with Crippen LogP contribution in [0.3, 0.4) is 0 Å². The molecule has 2 N–H and O–H groups in total. The molecular weight excluding hydrogens is 226 g/mol. The fourth-order valence-corrected chi connectivity index (χ4v) is 1.39. The van der Waals surface area contributed by atoms with Crippen LogP contribution in [0.2, 0.25) is 0 Å². The van der Waals surface area contributed by atoms with E-state index in [9.17, 15) is 9.59 Å². The van der Waals surface area contributed by atoms with Crippen LogP contribution in [0.1, 0.15) is 16.8 Å².